The number of nitrogens with zero attached hydrogens (tertiary/aromatic N) is 1. The molecule has 1 aromatic carbocycles. The summed E-state index contributed by atoms with van der Waals surface area (Å²) in [4.78, 5) is 11.8. The van der Waals surface area contributed by atoms with Crippen LogP contribution in [-0.4, -0.2) is 28.0 Å². The predicted octanol–water partition coefficient (Wildman–Crippen LogP) is 3.28. The Kier molecular flexibility index (Phi) is 4.11. The van der Waals surface area contributed by atoms with Crippen LogP contribution in [0.3, 0.4) is 0 Å². The van der Waals surface area contributed by atoms with Crippen LogP contribution in [0.25, 0.3) is 0 Å². The summed E-state index contributed by atoms with van der Waals surface area (Å²) in [5.41, 5.74) is 3.17. The van der Waals surface area contributed by atoms with E-state index in [0.717, 1.165) is 22.6 Å². The molecule has 2 aromatic rings. The highest BCUT2D eigenvalue weighted by molar-refractivity contribution is 8.00. The van der Waals surface area contributed by atoms with Crippen LogP contribution in [0.4, 0.5) is 5.82 Å². The lowest BCUT2D eigenvalue weighted by Gasteiger charge is -2.16. The maximum atomic E-state index is 11.8. The van der Waals surface area contributed by atoms with Crippen molar-refractivity contribution in [3.05, 3.63) is 41.1 Å². The van der Waals surface area contributed by atoms with Gasteiger partial charge in [0.25, 0.3) is 0 Å². The minimum atomic E-state index is -0.0139. The molecular formula is C16H19N3O2S. The van der Waals surface area contributed by atoms with Crippen molar-refractivity contribution in [3.63, 3.8) is 0 Å². The third-order valence-electron chi connectivity index (χ3n) is 3.45. The Labute approximate surface area is 133 Å². The number of ether oxygens (including phenoxy) is 1. The summed E-state index contributed by atoms with van der Waals surface area (Å²) >= 11 is 1.61. The highest BCUT2D eigenvalue weighted by atomic mass is 32.2. The number of benzene rings is 1. The summed E-state index contributed by atoms with van der Waals surface area (Å²) in [6, 6.07) is 8.07. The molecule has 3 rings (SSSR count). The first-order valence-corrected chi connectivity index (χ1v) is 8.32. The lowest BCUT2D eigenvalue weighted by molar-refractivity contribution is -0.113. The van der Waals surface area contributed by atoms with Gasteiger partial charge in [-0.25, -0.2) is 0 Å². The number of anilines is 1. The number of aromatic amines is 1. The van der Waals surface area contributed by atoms with Gasteiger partial charge in [-0.05, 0) is 38.5 Å². The van der Waals surface area contributed by atoms with Crippen molar-refractivity contribution in [2.75, 3.05) is 11.1 Å². The number of nitrogens with one attached hydrogen (secondary N) is 2. The number of carbonyl (C=O) groups excluding carboxylic acids is 1. The van der Waals surface area contributed by atoms with E-state index in [0.29, 0.717) is 11.6 Å². The van der Waals surface area contributed by atoms with Gasteiger partial charge in [0.1, 0.15) is 5.75 Å². The molecule has 0 aliphatic carbocycles. The van der Waals surface area contributed by atoms with E-state index in [2.05, 4.69) is 27.6 Å². The lowest BCUT2D eigenvalue weighted by Crippen LogP contribution is -2.12. The van der Waals surface area contributed by atoms with E-state index in [9.17, 15) is 4.79 Å². The maximum Gasteiger partial charge on any atom is 0.235 e. The van der Waals surface area contributed by atoms with Crippen LogP contribution >= 0.6 is 11.8 Å². The van der Waals surface area contributed by atoms with Gasteiger partial charge in [0.15, 0.2) is 5.82 Å². The van der Waals surface area contributed by atoms with Gasteiger partial charge < -0.3 is 10.1 Å². The highest BCUT2D eigenvalue weighted by Crippen LogP contribution is 2.42. The van der Waals surface area contributed by atoms with E-state index in [1.807, 2.05) is 32.9 Å². The normalized spacial score (nSPS) is 17.8. The standard InChI is InChI=1S/C16H19N3O2S/c1-9(2)21-12-6-4-11(5-7-12)15-14-10(3)18-19-16(14)17-13(20)8-22-15/h4-7,9,15H,8H2,1-3H3,(H2,17,18,19,20)/t15-/m0/s1. The summed E-state index contributed by atoms with van der Waals surface area (Å²) in [6.45, 7) is 5.99. The second-order valence-electron chi connectivity index (χ2n) is 5.59. The van der Waals surface area contributed by atoms with Gasteiger partial charge in [-0.3, -0.25) is 9.89 Å². The number of fused-ring (bicyclic) bond motifs is 1. The van der Waals surface area contributed by atoms with Crippen LogP contribution in [0.5, 0.6) is 5.75 Å². The Balaban J connectivity index is 1.93. The number of aryl methyl sites for hydroxylation is 1. The molecule has 0 fully saturated rings. The summed E-state index contributed by atoms with van der Waals surface area (Å²) in [5, 5.41) is 10.1. The molecule has 6 heteroatoms. The molecule has 0 saturated heterocycles. The average molecular weight is 317 g/mol. The smallest absolute Gasteiger partial charge is 0.235 e. The number of carbonyl (C=O) groups is 1. The van der Waals surface area contributed by atoms with Gasteiger partial charge in [0.2, 0.25) is 5.91 Å². The zero-order valence-electron chi connectivity index (χ0n) is 12.8. The van der Waals surface area contributed by atoms with Crippen molar-refractivity contribution in [2.45, 2.75) is 32.1 Å². The fraction of sp³-hybridized carbons (Fsp3) is 0.375. The summed E-state index contributed by atoms with van der Waals surface area (Å²) in [7, 11) is 0. The van der Waals surface area contributed by atoms with Gasteiger partial charge in [0, 0.05) is 11.3 Å². The minimum absolute atomic E-state index is 0.0139. The Morgan fingerprint density at radius 2 is 2.05 bits per heavy atom. The van der Waals surface area contributed by atoms with Gasteiger partial charge >= 0.3 is 0 Å². The van der Waals surface area contributed by atoms with Gasteiger partial charge in [-0.1, -0.05) is 12.1 Å². The molecule has 1 aliphatic heterocycles. The minimum Gasteiger partial charge on any atom is -0.491 e. The number of thioether (sulfide) groups is 1. The van der Waals surface area contributed by atoms with Crippen LogP contribution < -0.4 is 10.1 Å². The molecule has 0 unspecified atom stereocenters. The molecule has 0 saturated carbocycles. The van der Waals surface area contributed by atoms with Crippen molar-refractivity contribution in [3.8, 4) is 5.75 Å². The first kappa shape index (κ1) is 15.0. The number of amides is 1. The predicted molar refractivity (Wildman–Crippen MR) is 88.5 cm³/mol. The number of hydrogen-bond acceptors (Lipinski definition) is 4. The van der Waals surface area contributed by atoms with Crippen LogP contribution in [-0.2, 0) is 4.79 Å². The summed E-state index contributed by atoms with van der Waals surface area (Å²) in [5.74, 6) is 1.90. The number of aromatic nitrogens is 2. The van der Waals surface area contributed by atoms with E-state index in [1.165, 1.54) is 0 Å². The Bertz CT molecular complexity index is 679. The Morgan fingerprint density at radius 3 is 2.73 bits per heavy atom. The molecule has 1 amide bonds. The largest absolute Gasteiger partial charge is 0.491 e. The van der Waals surface area contributed by atoms with E-state index in [-0.39, 0.29) is 17.3 Å². The molecule has 22 heavy (non-hydrogen) atoms. The molecule has 1 aliphatic rings. The van der Waals surface area contributed by atoms with Gasteiger partial charge in [-0.15, -0.1) is 11.8 Å². The molecular weight excluding hydrogens is 298 g/mol. The van der Waals surface area contributed by atoms with Crippen LogP contribution in [0.1, 0.15) is 35.9 Å². The first-order valence-electron chi connectivity index (χ1n) is 7.27. The van der Waals surface area contributed by atoms with Crippen molar-refractivity contribution in [1.29, 1.82) is 0 Å². The number of hydrogen-bond donors (Lipinski definition) is 2. The van der Waals surface area contributed by atoms with Crippen molar-refractivity contribution in [1.82, 2.24) is 10.2 Å². The van der Waals surface area contributed by atoms with Crippen molar-refractivity contribution >= 4 is 23.5 Å². The highest BCUT2D eigenvalue weighted by Gasteiger charge is 2.28. The molecule has 5 nitrogen and oxygen atoms in total. The number of rotatable bonds is 3. The van der Waals surface area contributed by atoms with Crippen LogP contribution in [0, 0.1) is 6.92 Å². The quantitative estimate of drug-likeness (QED) is 0.911. The first-order chi connectivity index (χ1) is 10.5. The zero-order chi connectivity index (χ0) is 15.7. The summed E-state index contributed by atoms with van der Waals surface area (Å²) < 4.78 is 5.68. The zero-order valence-corrected chi connectivity index (χ0v) is 13.7. The van der Waals surface area contributed by atoms with Crippen molar-refractivity contribution < 1.29 is 9.53 Å². The number of H-pyrrole nitrogens is 1. The Hall–Kier alpha value is -1.95. The molecule has 2 N–H and O–H groups in total. The molecule has 0 radical (unpaired) electrons. The molecule has 1 aromatic heterocycles. The maximum absolute atomic E-state index is 11.8. The molecule has 1 atom stereocenters. The lowest BCUT2D eigenvalue weighted by atomic mass is 10.0. The van der Waals surface area contributed by atoms with E-state index in [1.54, 1.807) is 11.8 Å². The topological polar surface area (TPSA) is 67.0 Å². The third-order valence-corrected chi connectivity index (χ3v) is 4.72. The van der Waals surface area contributed by atoms with Gasteiger partial charge in [0.05, 0.1) is 17.1 Å². The fourth-order valence-electron chi connectivity index (χ4n) is 2.52. The molecule has 116 valence electrons. The van der Waals surface area contributed by atoms with E-state index >= 15 is 0 Å². The second-order valence-corrected chi connectivity index (χ2v) is 6.68. The van der Waals surface area contributed by atoms with Crippen molar-refractivity contribution in [2.24, 2.45) is 0 Å². The van der Waals surface area contributed by atoms with E-state index < -0.39 is 0 Å². The molecule has 2 heterocycles. The SMILES string of the molecule is Cc1[nH]nc2c1[C@H](c1ccc(OC(C)C)cc1)SCC(=O)N2. The Morgan fingerprint density at radius 1 is 1.32 bits per heavy atom. The van der Waals surface area contributed by atoms with Crippen LogP contribution in [0.15, 0.2) is 24.3 Å². The fourth-order valence-corrected chi connectivity index (χ4v) is 3.72. The van der Waals surface area contributed by atoms with E-state index in [4.69, 9.17) is 4.74 Å². The van der Waals surface area contributed by atoms with Gasteiger partial charge in [-0.2, -0.15) is 5.10 Å². The van der Waals surface area contributed by atoms with Crippen LogP contribution in [0.2, 0.25) is 0 Å². The third kappa shape index (κ3) is 2.97. The second kappa shape index (κ2) is 6.04. The molecule has 0 spiro atoms. The molecule has 0 bridgehead atoms. The monoisotopic (exact) mass is 317 g/mol. The average Bonchev–Trinajstić information content (AvgIpc) is 2.73. The summed E-state index contributed by atoms with van der Waals surface area (Å²) in [6.07, 6.45) is 0.155.